The van der Waals surface area contributed by atoms with Crippen molar-refractivity contribution in [2.45, 2.75) is 11.6 Å². The lowest BCUT2D eigenvalue weighted by Gasteiger charge is -2.35. The van der Waals surface area contributed by atoms with Crippen molar-refractivity contribution in [1.29, 1.82) is 0 Å². The van der Waals surface area contributed by atoms with E-state index in [2.05, 4.69) is 4.99 Å². The number of nitrogens with zero attached hydrogens (tertiary/aromatic N) is 2. The predicted octanol–water partition coefficient (Wildman–Crippen LogP) is 1.26. The summed E-state index contributed by atoms with van der Waals surface area (Å²) in [6, 6.07) is 2.96. The van der Waals surface area contributed by atoms with Gasteiger partial charge in [0.1, 0.15) is 18.0 Å². The van der Waals surface area contributed by atoms with Crippen LogP contribution in [0.15, 0.2) is 23.2 Å². The van der Waals surface area contributed by atoms with E-state index < -0.39 is 35.0 Å². The number of fused-ring (bicyclic) bond motifs is 1. The molecule has 0 aromatic heterocycles. The van der Waals surface area contributed by atoms with Gasteiger partial charge >= 0.3 is 0 Å². The van der Waals surface area contributed by atoms with E-state index in [1.165, 1.54) is 0 Å². The van der Waals surface area contributed by atoms with Crippen LogP contribution in [0.1, 0.15) is 5.56 Å². The molecule has 3 unspecified atom stereocenters. The molecule has 0 amide bonds. The fourth-order valence-electron chi connectivity index (χ4n) is 2.98. The molecule has 2 aliphatic rings. The van der Waals surface area contributed by atoms with Crippen molar-refractivity contribution in [3.63, 3.8) is 0 Å². The van der Waals surface area contributed by atoms with Gasteiger partial charge in [0.2, 0.25) is 0 Å². The molecule has 3 rings (SSSR count). The number of nitrogens with two attached hydrogens (primary N) is 1. The van der Waals surface area contributed by atoms with Crippen LogP contribution in [0.2, 0.25) is 0 Å². The minimum Gasteiger partial charge on any atom is -0.465 e. The molecule has 2 N–H and O–H groups in total. The monoisotopic (exact) mass is 313 g/mol. The maximum Gasteiger partial charge on any atom is 0.282 e. The summed E-state index contributed by atoms with van der Waals surface area (Å²) in [5.41, 5.74) is 3.94. The first-order chi connectivity index (χ1) is 10.5. The molecule has 0 saturated carbocycles. The fraction of sp³-hybridized carbons (Fsp3) is 0.462. The SMILES string of the molecule is NC1=NC2(c3cc([N+](=O)[O-])ccc3F)COC(CF)C2CO1. The number of hydrogen-bond donors (Lipinski definition) is 1. The molecule has 0 aliphatic carbocycles. The van der Waals surface area contributed by atoms with E-state index >= 15 is 0 Å². The maximum absolute atomic E-state index is 14.3. The molecule has 0 spiro atoms. The third-order valence-electron chi connectivity index (χ3n) is 4.08. The summed E-state index contributed by atoms with van der Waals surface area (Å²) in [6.45, 7) is -0.901. The van der Waals surface area contributed by atoms with E-state index in [1.807, 2.05) is 0 Å². The number of alkyl halides is 1. The van der Waals surface area contributed by atoms with Crippen molar-refractivity contribution in [2.24, 2.45) is 16.6 Å². The molecule has 1 fully saturated rings. The van der Waals surface area contributed by atoms with Crippen LogP contribution in [0.25, 0.3) is 0 Å². The predicted molar refractivity (Wildman–Crippen MR) is 71.5 cm³/mol. The van der Waals surface area contributed by atoms with Gasteiger partial charge in [-0.05, 0) is 6.07 Å². The smallest absolute Gasteiger partial charge is 0.282 e. The lowest BCUT2D eigenvalue weighted by atomic mass is 9.78. The van der Waals surface area contributed by atoms with E-state index in [4.69, 9.17) is 15.2 Å². The van der Waals surface area contributed by atoms with Gasteiger partial charge in [0.25, 0.3) is 11.7 Å². The molecular weight excluding hydrogens is 300 g/mol. The second-order valence-electron chi connectivity index (χ2n) is 5.22. The molecule has 2 heterocycles. The number of nitro groups is 1. The van der Waals surface area contributed by atoms with Crippen molar-refractivity contribution in [1.82, 2.24) is 0 Å². The van der Waals surface area contributed by atoms with Crippen LogP contribution < -0.4 is 5.73 Å². The van der Waals surface area contributed by atoms with Crippen LogP contribution in [-0.2, 0) is 15.0 Å². The van der Waals surface area contributed by atoms with Crippen molar-refractivity contribution in [3.05, 3.63) is 39.7 Å². The zero-order valence-corrected chi connectivity index (χ0v) is 11.4. The summed E-state index contributed by atoms with van der Waals surface area (Å²) in [6.07, 6.45) is -0.824. The Bertz CT molecular complexity index is 654. The van der Waals surface area contributed by atoms with E-state index in [-0.39, 0.29) is 30.5 Å². The normalized spacial score (nSPS) is 30.4. The highest BCUT2D eigenvalue weighted by Gasteiger charge is 2.55. The molecule has 22 heavy (non-hydrogen) atoms. The number of non-ortho nitro benzene ring substituents is 1. The molecular formula is C13H13F2N3O4. The first kappa shape index (κ1) is 14.6. The van der Waals surface area contributed by atoms with Gasteiger partial charge in [-0.25, -0.2) is 13.8 Å². The zero-order chi connectivity index (χ0) is 15.9. The van der Waals surface area contributed by atoms with Crippen molar-refractivity contribution in [2.75, 3.05) is 19.9 Å². The van der Waals surface area contributed by atoms with Crippen LogP contribution in [0.4, 0.5) is 14.5 Å². The summed E-state index contributed by atoms with van der Waals surface area (Å²) in [5.74, 6) is -1.29. The van der Waals surface area contributed by atoms with Gasteiger partial charge in [-0.1, -0.05) is 0 Å². The molecule has 118 valence electrons. The van der Waals surface area contributed by atoms with Gasteiger partial charge in [-0.2, -0.15) is 0 Å². The highest BCUT2D eigenvalue weighted by atomic mass is 19.1. The van der Waals surface area contributed by atoms with Crippen LogP contribution in [0, 0.1) is 21.8 Å². The Morgan fingerprint density at radius 2 is 2.32 bits per heavy atom. The van der Waals surface area contributed by atoms with Crippen LogP contribution in [0.3, 0.4) is 0 Å². The Labute approximate surface area is 123 Å². The number of ether oxygens (including phenoxy) is 2. The first-order valence-corrected chi connectivity index (χ1v) is 6.58. The maximum atomic E-state index is 14.3. The number of halogens is 2. The number of rotatable bonds is 3. The average Bonchev–Trinajstić information content (AvgIpc) is 2.85. The number of aliphatic imine (C=N–C) groups is 1. The average molecular weight is 313 g/mol. The molecule has 7 nitrogen and oxygen atoms in total. The molecule has 0 bridgehead atoms. The van der Waals surface area contributed by atoms with Crippen molar-refractivity contribution >= 4 is 11.7 Å². The third-order valence-corrected chi connectivity index (χ3v) is 4.08. The largest absolute Gasteiger partial charge is 0.465 e. The number of nitro benzene ring substituents is 1. The standard InChI is InChI=1S/C13H13F2N3O4/c14-4-11-9-5-21-12(16)17-13(9,6-22-11)8-3-7(18(19)20)1-2-10(8)15/h1-3,9,11H,4-6H2,(H2,16,17). The van der Waals surface area contributed by atoms with Crippen LogP contribution in [-0.4, -0.2) is 36.9 Å². The third kappa shape index (κ3) is 2.08. The zero-order valence-electron chi connectivity index (χ0n) is 11.4. The number of hydrogen-bond acceptors (Lipinski definition) is 6. The van der Waals surface area contributed by atoms with Gasteiger partial charge in [0, 0.05) is 17.7 Å². The Balaban J connectivity index is 2.16. The van der Waals surface area contributed by atoms with Gasteiger partial charge in [0.15, 0.2) is 0 Å². The Kier molecular flexibility index (Phi) is 3.44. The molecule has 3 atom stereocenters. The quantitative estimate of drug-likeness (QED) is 0.669. The van der Waals surface area contributed by atoms with E-state index in [9.17, 15) is 18.9 Å². The fourth-order valence-corrected chi connectivity index (χ4v) is 2.98. The summed E-state index contributed by atoms with van der Waals surface area (Å²) >= 11 is 0. The lowest BCUT2D eigenvalue weighted by molar-refractivity contribution is -0.385. The van der Waals surface area contributed by atoms with Gasteiger partial charge in [0.05, 0.1) is 30.2 Å². The lowest BCUT2D eigenvalue weighted by Crippen LogP contribution is -2.45. The summed E-state index contributed by atoms with van der Waals surface area (Å²) < 4.78 is 37.9. The van der Waals surface area contributed by atoms with E-state index in [0.29, 0.717) is 0 Å². The first-order valence-electron chi connectivity index (χ1n) is 6.58. The van der Waals surface area contributed by atoms with Gasteiger partial charge in [-0.3, -0.25) is 10.1 Å². The van der Waals surface area contributed by atoms with Crippen LogP contribution in [0.5, 0.6) is 0 Å². The molecule has 1 aromatic rings. The Morgan fingerprint density at radius 1 is 1.55 bits per heavy atom. The molecule has 0 radical (unpaired) electrons. The second kappa shape index (κ2) is 5.16. The Hall–Kier alpha value is -2.29. The molecule has 2 aliphatic heterocycles. The number of benzene rings is 1. The van der Waals surface area contributed by atoms with E-state index in [1.54, 1.807) is 0 Å². The van der Waals surface area contributed by atoms with Gasteiger partial charge in [-0.15, -0.1) is 0 Å². The molecule has 9 heteroatoms. The van der Waals surface area contributed by atoms with Crippen molar-refractivity contribution < 1.29 is 23.2 Å². The summed E-state index contributed by atoms with van der Waals surface area (Å²) in [5, 5.41) is 10.9. The minimum absolute atomic E-state index is 0.00600. The van der Waals surface area contributed by atoms with E-state index in [0.717, 1.165) is 18.2 Å². The Morgan fingerprint density at radius 3 is 3.00 bits per heavy atom. The highest BCUT2D eigenvalue weighted by Crippen LogP contribution is 2.46. The summed E-state index contributed by atoms with van der Waals surface area (Å²) in [7, 11) is 0. The van der Waals surface area contributed by atoms with Gasteiger partial charge < -0.3 is 15.2 Å². The highest BCUT2D eigenvalue weighted by molar-refractivity contribution is 5.73. The minimum atomic E-state index is -1.31. The van der Waals surface area contributed by atoms with Crippen molar-refractivity contribution in [3.8, 4) is 0 Å². The topological polar surface area (TPSA) is 100.0 Å². The summed E-state index contributed by atoms with van der Waals surface area (Å²) in [4.78, 5) is 14.4. The second-order valence-corrected chi connectivity index (χ2v) is 5.22. The van der Waals surface area contributed by atoms with Crippen LogP contribution >= 0.6 is 0 Å². The molecule has 1 aromatic carbocycles. The molecule has 1 saturated heterocycles. The number of amidine groups is 1.